The molecule has 2 aliphatic rings. The summed E-state index contributed by atoms with van der Waals surface area (Å²) in [6.45, 7) is 3.19. The Morgan fingerprint density at radius 2 is 1.90 bits per heavy atom. The highest BCUT2D eigenvalue weighted by Gasteiger charge is 2.45. The maximum absolute atomic E-state index is 12.6. The number of nitrogens with two attached hydrogens (primary N) is 1. The Labute approximate surface area is 232 Å². The number of imidazole rings is 1. The second-order valence-corrected chi connectivity index (χ2v) is 10.8. The number of carbonyl (C=O) groups excluding carboxylic acids is 2. The average molecular weight is 568 g/mol. The smallest absolute Gasteiger partial charge is 0.332 e. The lowest BCUT2D eigenvalue weighted by Crippen LogP contribution is -2.42. The molecular formula is C25H29N9O5S. The number of hydrogen-bond donors (Lipinski definition) is 1. The number of rotatable bonds is 8. The Hall–Kier alpha value is -4.24. The van der Waals surface area contributed by atoms with Crippen molar-refractivity contribution in [2.75, 3.05) is 31.7 Å². The SMILES string of the molecule is COCC(=O)Cn1c(=O)c2c(ncn2[C@@H](C)C(N)=O)n(C)c1=O.c1csc(-c2cnc(N3CC4CC4C3)cn2)n1. The van der Waals surface area contributed by atoms with E-state index in [1.54, 1.807) is 17.5 Å². The van der Waals surface area contributed by atoms with Crippen LogP contribution in [-0.4, -0.2) is 72.1 Å². The lowest BCUT2D eigenvalue weighted by atomic mass is 10.3. The number of aryl methyl sites for hydroxylation is 1. The Bertz CT molecular complexity index is 1650. The monoisotopic (exact) mass is 567 g/mol. The van der Waals surface area contributed by atoms with Crippen molar-refractivity contribution in [3.8, 4) is 10.7 Å². The first-order valence-corrected chi connectivity index (χ1v) is 13.5. The minimum Gasteiger partial charge on any atom is -0.377 e. The molecule has 0 bridgehead atoms. The number of thiazole rings is 1. The van der Waals surface area contributed by atoms with Gasteiger partial charge in [-0.15, -0.1) is 11.3 Å². The van der Waals surface area contributed by atoms with Crippen LogP contribution >= 0.6 is 11.3 Å². The summed E-state index contributed by atoms with van der Waals surface area (Å²) < 4.78 is 7.91. The number of aromatic nitrogens is 7. The zero-order valence-corrected chi connectivity index (χ0v) is 23.1. The molecule has 0 spiro atoms. The van der Waals surface area contributed by atoms with Crippen LogP contribution in [0.1, 0.15) is 19.4 Å². The number of amides is 1. The summed E-state index contributed by atoms with van der Waals surface area (Å²) in [5.41, 5.74) is 4.89. The van der Waals surface area contributed by atoms with E-state index in [2.05, 4.69) is 24.8 Å². The number of Topliss-reactive ketones (excluding diaryl/α,β-unsaturated/α-hetero) is 1. The van der Waals surface area contributed by atoms with Gasteiger partial charge in [-0.2, -0.15) is 0 Å². The molecule has 0 radical (unpaired) electrons. The second kappa shape index (κ2) is 11.1. The van der Waals surface area contributed by atoms with Crippen molar-refractivity contribution in [2.24, 2.45) is 24.6 Å². The third kappa shape index (κ3) is 5.29. The summed E-state index contributed by atoms with van der Waals surface area (Å²) in [7, 11) is 2.76. The van der Waals surface area contributed by atoms with Crippen LogP contribution in [0.3, 0.4) is 0 Å². The molecule has 2 N–H and O–H groups in total. The Morgan fingerprint density at radius 1 is 1.15 bits per heavy atom. The van der Waals surface area contributed by atoms with Crippen LogP contribution in [0.2, 0.25) is 0 Å². The van der Waals surface area contributed by atoms with Crippen molar-refractivity contribution in [1.82, 2.24) is 33.6 Å². The largest absolute Gasteiger partial charge is 0.377 e. The van der Waals surface area contributed by atoms with Gasteiger partial charge in [-0.05, 0) is 25.2 Å². The summed E-state index contributed by atoms with van der Waals surface area (Å²) in [6.07, 6.45) is 8.19. The van der Waals surface area contributed by atoms with Crippen LogP contribution in [0.4, 0.5) is 5.82 Å². The van der Waals surface area contributed by atoms with E-state index in [-0.39, 0.29) is 17.8 Å². The van der Waals surface area contributed by atoms with Crippen molar-refractivity contribution in [1.29, 1.82) is 0 Å². The molecule has 4 aromatic rings. The van der Waals surface area contributed by atoms with E-state index in [9.17, 15) is 19.2 Å². The molecule has 1 aliphatic heterocycles. The molecule has 4 aromatic heterocycles. The lowest BCUT2D eigenvalue weighted by molar-refractivity contribution is -0.123. The molecule has 1 aliphatic carbocycles. The van der Waals surface area contributed by atoms with Gasteiger partial charge in [0.25, 0.3) is 5.56 Å². The number of carbonyl (C=O) groups is 2. The van der Waals surface area contributed by atoms with Crippen LogP contribution in [0.15, 0.2) is 39.9 Å². The zero-order valence-electron chi connectivity index (χ0n) is 22.3. The molecule has 5 heterocycles. The Balaban J connectivity index is 0.000000167. The summed E-state index contributed by atoms with van der Waals surface area (Å²) in [5, 5.41) is 2.90. The highest BCUT2D eigenvalue weighted by molar-refractivity contribution is 7.13. The first-order chi connectivity index (χ1) is 19.2. The van der Waals surface area contributed by atoms with Gasteiger partial charge in [-0.3, -0.25) is 23.5 Å². The van der Waals surface area contributed by atoms with Crippen molar-refractivity contribution in [2.45, 2.75) is 25.9 Å². The summed E-state index contributed by atoms with van der Waals surface area (Å²) in [6, 6.07) is -0.826. The number of ether oxygens (including phenoxy) is 1. The number of anilines is 1. The van der Waals surface area contributed by atoms with Crippen LogP contribution in [-0.2, 0) is 27.9 Å². The van der Waals surface area contributed by atoms with Crippen molar-refractivity contribution >= 4 is 40.0 Å². The minimum atomic E-state index is -0.826. The van der Waals surface area contributed by atoms with Gasteiger partial charge in [0.2, 0.25) is 5.91 Å². The quantitative estimate of drug-likeness (QED) is 0.310. The fraction of sp³-hybridized carbons (Fsp3) is 0.440. The topological polar surface area (TPSA) is 173 Å². The number of nitrogens with zero attached hydrogens (tertiary/aromatic N) is 8. The first kappa shape index (κ1) is 27.3. The van der Waals surface area contributed by atoms with Crippen molar-refractivity contribution in [3.05, 3.63) is 51.1 Å². The van der Waals surface area contributed by atoms with E-state index in [0.29, 0.717) is 0 Å². The first-order valence-electron chi connectivity index (χ1n) is 12.6. The molecule has 14 nitrogen and oxygen atoms in total. The van der Waals surface area contributed by atoms with Gasteiger partial charge in [0, 0.05) is 38.8 Å². The number of ketones is 1. The molecule has 210 valence electrons. The summed E-state index contributed by atoms with van der Waals surface area (Å²) in [4.78, 5) is 67.4. The number of fused-ring (bicyclic) bond motifs is 2. The number of primary amides is 1. The zero-order chi connectivity index (χ0) is 28.6. The Morgan fingerprint density at radius 3 is 2.50 bits per heavy atom. The van der Waals surface area contributed by atoms with Crippen molar-refractivity contribution in [3.63, 3.8) is 0 Å². The molecule has 15 heteroatoms. The predicted molar refractivity (Wildman–Crippen MR) is 147 cm³/mol. The van der Waals surface area contributed by atoms with Gasteiger partial charge >= 0.3 is 5.69 Å². The minimum absolute atomic E-state index is 0.0311. The molecule has 3 atom stereocenters. The maximum atomic E-state index is 12.6. The molecular weight excluding hydrogens is 538 g/mol. The molecule has 2 unspecified atom stereocenters. The number of hydrogen-bond acceptors (Lipinski definition) is 11. The van der Waals surface area contributed by atoms with Gasteiger partial charge in [-0.1, -0.05) is 0 Å². The van der Waals surface area contributed by atoms with Crippen LogP contribution in [0, 0.1) is 11.8 Å². The molecule has 1 amide bonds. The molecule has 40 heavy (non-hydrogen) atoms. The summed E-state index contributed by atoms with van der Waals surface area (Å²) >= 11 is 1.59. The highest BCUT2D eigenvalue weighted by atomic mass is 32.1. The third-order valence-electron chi connectivity index (χ3n) is 7.12. The van der Waals surface area contributed by atoms with Gasteiger partial charge in [-0.25, -0.2) is 24.7 Å². The van der Waals surface area contributed by atoms with Crippen molar-refractivity contribution < 1.29 is 14.3 Å². The maximum Gasteiger partial charge on any atom is 0.332 e. The molecule has 0 aromatic carbocycles. The van der Waals surface area contributed by atoms with E-state index < -0.39 is 35.5 Å². The molecule has 1 saturated heterocycles. The van der Waals surface area contributed by atoms with E-state index in [1.807, 2.05) is 17.8 Å². The fourth-order valence-corrected chi connectivity index (χ4v) is 5.37. The second-order valence-electron chi connectivity index (χ2n) is 9.86. The van der Waals surface area contributed by atoms with E-state index >= 15 is 0 Å². The standard InChI is InChI=1S/C13H17N5O5.C12H12N4S/c1-7(10(14)20)18-6-15-11-9(18)12(21)17(13(22)16(11)2)4-8(19)5-23-3;1-2-17-12(13-1)10-4-15-11(5-14-10)16-6-8-3-9(8)7-16/h6-7H,4-5H2,1-3H3,(H2,14,20);1-2,4-5,8-9H,3,6-7H2/t7-;/m0./s1. The van der Waals surface area contributed by atoms with E-state index in [1.165, 1.54) is 38.4 Å². The summed E-state index contributed by atoms with van der Waals surface area (Å²) in [5.74, 6) is 1.78. The predicted octanol–water partition coefficient (Wildman–Crippen LogP) is 0.215. The molecule has 6 rings (SSSR count). The van der Waals surface area contributed by atoms with Gasteiger partial charge in [0.1, 0.15) is 29.2 Å². The highest BCUT2D eigenvalue weighted by Crippen LogP contribution is 2.45. The van der Waals surface area contributed by atoms with Gasteiger partial charge < -0.3 is 19.9 Å². The average Bonchev–Trinajstić information content (AvgIpc) is 3.39. The Kier molecular flexibility index (Phi) is 7.58. The van der Waals surface area contributed by atoms with E-state index in [4.69, 9.17) is 10.5 Å². The van der Waals surface area contributed by atoms with Gasteiger partial charge in [0.15, 0.2) is 16.9 Å². The third-order valence-corrected chi connectivity index (χ3v) is 7.91. The number of methoxy groups -OCH3 is 1. The van der Waals surface area contributed by atoms with E-state index in [0.717, 1.165) is 50.6 Å². The van der Waals surface area contributed by atoms with Gasteiger partial charge in [0.05, 0.1) is 25.3 Å². The lowest BCUT2D eigenvalue weighted by Gasteiger charge is -2.18. The van der Waals surface area contributed by atoms with Crippen LogP contribution < -0.4 is 21.9 Å². The number of piperidine rings is 1. The molecule has 2 fully saturated rings. The normalized spacial score (nSPS) is 18.2. The fourth-order valence-electron chi connectivity index (χ4n) is 4.77. The van der Waals surface area contributed by atoms with Crippen LogP contribution in [0.5, 0.6) is 0 Å². The molecule has 1 saturated carbocycles. The van der Waals surface area contributed by atoms with Crippen LogP contribution in [0.25, 0.3) is 21.9 Å².